The molecule has 0 saturated carbocycles. The van der Waals surface area contributed by atoms with Crippen LogP contribution in [-0.2, 0) is 0 Å². The molecule has 1 radical (unpaired) electrons. The van der Waals surface area contributed by atoms with Gasteiger partial charge >= 0.3 is 0 Å². The third-order valence-corrected chi connectivity index (χ3v) is 1.77. The molecule has 0 aliphatic carbocycles. The van der Waals surface area contributed by atoms with Crippen LogP contribution < -0.4 is 10.2 Å². The quantitative estimate of drug-likeness (QED) is 0.661. The number of rotatable bonds is 5. The summed E-state index contributed by atoms with van der Waals surface area (Å²) in [6, 6.07) is 1.70. The Morgan fingerprint density at radius 1 is 1.62 bits per heavy atom. The minimum Gasteiger partial charge on any atom is -0.344 e. The molecule has 1 aromatic rings. The van der Waals surface area contributed by atoms with Gasteiger partial charge in [-0.3, -0.25) is 0 Å². The molecular formula is C9H15N4. The van der Waals surface area contributed by atoms with Crippen molar-refractivity contribution in [3.8, 4) is 0 Å². The molecule has 0 unspecified atom stereocenters. The van der Waals surface area contributed by atoms with Crippen molar-refractivity contribution in [2.24, 2.45) is 0 Å². The highest BCUT2D eigenvalue weighted by Crippen LogP contribution is 2.01. The fourth-order valence-corrected chi connectivity index (χ4v) is 1.04. The first-order chi connectivity index (χ1) is 6.34. The summed E-state index contributed by atoms with van der Waals surface area (Å²) < 4.78 is 0. The molecule has 4 nitrogen and oxygen atoms in total. The fraction of sp³-hybridized carbons (Fsp3) is 0.556. The van der Waals surface area contributed by atoms with Crippen molar-refractivity contribution in [3.05, 3.63) is 18.5 Å². The normalized spacial score (nSPS) is 10.0. The molecule has 0 spiro atoms. The Morgan fingerprint density at radius 3 is 3.08 bits per heavy atom. The summed E-state index contributed by atoms with van der Waals surface area (Å²) in [6.45, 7) is 1.97. The van der Waals surface area contributed by atoms with Gasteiger partial charge < -0.3 is 10.2 Å². The van der Waals surface area contributed by atoms with E-state index in [1.165, 1.54) is 0 Å². The lowest BCUT2D eigenvalue weighted by atomic mass is 10.4. The molecule has 0 bridgehead atoms. The van der Waals surface area contributed by atoms with Crippen LogP contribution in [0.5, 0.6) is 0 Å². The molecule has 0 atom stereocenters. The van der Waals surface area contributed by atoms with E-state index in [1.807, 2.05) is 19.0 Å². The second-order valence-corrected chi connectivity index (χ2v) is 2.86. The maximum atomic E-state index is 4.12. The Balaban J connectivity index is 2.35. The van der Waals surface area contributed by atoms with Crippen molar-refractivity contribution in [2.45, 2.75) is 6.42 Å². The van der Waals surface area contributed by atoms with E-state index in [0.29, 0.717) is 0 Å². The standard InChI is InChI=1S/C9H15N4/c1-10-5-4-8-13(2)9-11-6-3-7-12-9/h3,6,10H,4-5,8H2,1-2H3. The Labute approximate surface area is 79.0 Å². The summed E-state index contributed by atoms with van der Waals surface area (Å²) in [4.78, 5) is 10.2. The van der Waals surface area contributed by atoms with Crippen LogP contribution in [0.25, 0.3) is 0 Å². The highest BCUT2D eigenvalue weighted by Gasteiger charge is 2.00. The van der Waals surface area contributed by atoms with E-state index < -0.39 is 0 Å². The summed E-state index contributed by atoms with van der Waals surface area (Å²) >= 11 is 0. The topological polar surface area (TPSA) is 41.0 Å². The van der Waals surface area contributed by atoms with Crippen molar-refractivity contribution in [3.63, 3.8) is 0 Å². The monoisotopic (exact) mass is 179 g/mol. The maximum Gasteiger partial charge on any atom is 0.225 e. The van der Waals surface area contributed by atoms with Crippen molar-refractivity contribution in [1.82, 2.24) is 15.3 Å². The minimum atomic E-state index is 0.735. The van der Waals surface area contributed by atoms with Crippen molar-refractivity contribution in [1.29, 1.82) is 0 Å². The first-order valence-electron chi connectivity index (χ1n) is 4.39. The first kappa shape index (κ1) is 9.92. The van der Waals surface area contributed by atoms with Gasteiger partial charge in [0, 0.05) is 19.8 Å². The van der Waals surface area contributed by atoms with Gasteiger partial charge in [0.25, 0.3) is 0 Å². The fourth-order valence-electron chi connectivity index (χ4n) is 1.04. The van der Waals surface area contributed by atoms with Crippen molar-refractivity contribution in [2.75, 3.05) is 32.1 Å². The maximum absolute atomic E-state index is 4.12. The van der Waals surface area contributed by atoms with Gasteiger partial charge in [-0.25, -0.2) is 9.97 Å². The molecule has 0 amide bonds. The molecule has 0 aromatic carbocycles. The molecule has 1 aromatic heterocycles. The number of nitrogens with zero attached hydrogens (tertiary/aromatic N) is 3. The number of hydrogen-bond donors (Lipinski definition) is 1. The average Bonchev–Trinajstić information content (AvgIpc) is 2.19. The molecule has 0 fully saturated rings. The van der Waals surface area contributed by atoms with Crippen LogP contribution in [0.4, 0.5) is 5.95 Å². The van der Waals surface area contributed by atoms with Crippen LogP contribution in [0.15, 0.2) is 12.3 Å². The number of nitrogens with one attached hydrogen (secondary N) is 1. The largest absolute Gasteiger partial charge is 0.344 e. The molecule has 71 valence electrons. The third kappa shape index (κ3) is 3.38. The number of hydrogen-bond acceptors (Lipinski definition) is 4. The highest BCUT2D eigenvalue weighted by atomic mass is 15.2. The van der Waals surface area contributed by atoms with E-state index in [-0.39, 0.29) is 0 Å². The molecule has 1 N–H and O–H groups in total. The van der Waals surface area contributed by atoms with Crippen LogP contribution in [-0.4, -0.2) is 37.2 Å². The summed E-state index contributed by atoms with van der Waals surface area (Å²) in [7, 11) is 3.94. The predicted octanol–water partition coefficient (Wildman–Crippen LogP) is 0.322. The van der Waals surface area contributed by atoms with Crippen LogP contribution in [0.2, 0.25) is 0 Å². The Hall–Kier alpha value is -1.16. The van der Waals surface area contributed by atoms with E-state index in [0.717, 1.165) is 25.5 Å². The number of aromatic nitrogens is 2. The molecule has 1 heterocycles. The summed E-state index contributed by atoms with van der Waals surface area (Å²) in [5, 5.41) is 3.10. The Bertz CT molecular complexity index is 224. The first-order valence-corrected chi connectivity index (χ1v) is 4.39. The molecule has 4 heteroatoms. The van der Waals surface area contributed by atoms with Crippen LogP contribution in [0, 0.1) is 6.20 Å². The Kier molecular flexibility index (Phi) is 4.18. The zero-order chi connectivity index (χ0) is 9.52. The molecule has 1 rings (SSSR count). The minimum absolute atomic E-state index is 0.735. The van der Waals surface area contributed by atoms with Gasteiger partial charge in [-0.2, -0.15) is 0 Å². The number of anilines is 1. The SMILES string of the molecule is CNCCCN(C)c1n[c]ccn1. The summed E-state index contributed by atoms with van der Waals surface area (Å²) in [5.41, 5.74) is 0. The second-order valence-electron chi connectivity index (χ2n) is 2.86. The zero-order valence-electron chi connectivity index (χ0n) is 8.12. The van der Waals surface area contributed by atoms with Gasteiger partial charge in [0.05, 0.1) is 6.20 Å². The average molecular weight is 179 g/mol. The molecule has 0 saturated heterocycles. The summed E-state index contributed by atoms with van der Waals surface area (Å²) in [6.07, 6.45) is 5.56. The second kappa shape index (κ2) is 5.48. The molecule has 0 aliphatic heterocycles. The van der Waals surface area contributed by atoms with E-state index in [2.05, 4.69) is 21.5 Å². The van der Waals surface area contributed by atoms with E-state index in [9.17, 15) is 0 Å². The molecule has 0 aliphatic rings. The van der Waals surface area contributed by atoms with Crippen molar-refractivity contribution < 1.29 is 0 Å². The van der Waals surface area contributed by atoms with Gasteiger partial charge in [-0.1, -0.05) is 0 Å². The van der Waals surface area contributed by atoms with Crippen LogP contribution in [0.3, 0.4) is 0 Å². The van der Waals surface area contributed by atoms with Crippen LogP contribution in [0.1, 0.15) is 6.42 Å². The lowest BCUT2D eigenvalue weighted by Crippen LogP contribution is -2.23. The van der Waals surface area contributed by atoms with E-state index in [4.69, 9.17) is 0 Å². The smallest absolute Gasteiger partial charge is 0.225 e. The van der Waals surface area contributed by atoms with Crippen LogP contribution >= 0.6 is 0 Å². The van der Waals surface area contributed by atoms with Gasteiger partial charge in [-0.05, 0) is 26.1 Å². The molecule has 13 heavy (non-hydrogen) atoms. The molecular weight excluding hydrogens is 164 g/mol. The third-order valence-electron chi connectivity index (χ3n) is 1.77. The zero-order valence-corrected chi connectivity index (χ0v) is 8.12. The van der Waals surface area contributed by atoms with Gasteiger partial charge in [0.15, 0.2) is 0 Å². The lowest BCUT2D eigenvalue weighted by Gasteiger charge is -2.15. The van der Waals surface area contributed by atoms with Crippen molar-refractivity contribution >= 4 is 5.95 Å². The van der Waals surface area contributed by atoms with E-state index in [1.54, 1.807) is 12.3 Å². The summed E-state index contributed by atoms with van der Waals surface area (Å²) in [5.74, 6) is 0.735. The van der Waals surface area contributed by atoms with Gasteiger partial charge in [-0.15, -0.1) is 0 Å². The highest BCUT2D eigenvalue weighted by molar-refractivity contribution is 5.25. The van der Waals surface area contributed by atoms with E-state index >= 15 is 0 Å². The predicted molar refractivity (Wildman–Crippen MR) is 52.7 cm³/mol. The Morgan fingerprint density at radius 2 is 2.46 bits per heavy atom. The van der Waals surface area contributed by atoms with Gasteiger partial charge in [0.2, 0.25) is 5.95 Å². The lowest BCUT2D eigenvalue weighted by molar-refractivity contribution is 0.704. The van der Waals surface area contributed by atoms with Gasteiger partial charge in [0.1, 0.15) is 0 Å².